The fraction of sp³-hybridized carbons (Fsp3) is 0.300. The lowest BCUT2D eigenvalue weighted by Crippen LogP contribution is -2.47. The van der Waals surface area contributed by atoms with Crippen LogP contribution in [0.2, 0.25) is 0 Å². The molecule has 3 fully saturated rings. The van der Waals surface area contributed by atoms with Gasteiger partial charge in [-0.2, -0.15) is 10.2 Å². The van der Waals surface area contributed by atoms with Crippen LogP contribution in [0.5, 0.6) is 0 Å². The third-order valence-electron chi connectivity index (χ3n) is 13.5. The molecule has 3 aromatic carbocycles. The SMILES string of the molecule is CNC(=O)c1cccc(N2CCN(c3nccc(-c4ccc(-n5cnn(C)c5=O)c(-c5ccc(N6CCN(CCc7cccc8c(C9CCC(=O)NC9=O)nn(C)c78)CC6)cn5)c4)c3C)C2=O)c1. The lowest BCUT2D eigenvalue weighted by atomic mass is 9.92. The molecule has 1 atom stereocenters. The van der Waals surface area contributed by atoms with Crippen molar-refractivity contribution in [1.82, 2.24) is 49.6 Å². The predicted octanol–water partition coefficient (Wildman–Crippen LogP) is 4.58. The van der Waals surface area contributed by atoms with E-state index in [0.717, 1.165) is 83.7 Å². The van der Waals surface area contributed by atoms with Gasteiger partial charge in [-0.25, -0.2) is 23.8 Å². The predicted molar refractivity (Wildman–Crippen MR) is 258 cm³/mol. The molecule has 5 amide bonds. The van der Waals surface area contributed by atoms with Gasteiger partial charge in [-0.3, -0.25) is 44.1 Å². The number of aryl methyl sites for hydroxylation is 2. The van der Waals surface area contributed by atoms with Crippen LogP contribution in [0.3, 0.4) is 0 Å². The number of hydrogen-bond acceptors (Lipinski definition) is 11. The number of hydrogen-bond donors (Lipinski definition) is 2. The molecule has 0 aliphatic carbocycles. The summed E-state index contributed by atoms with van der Waals surface area (Å²) in [7, 11) is 5.11. The van der Waals surface area contributed by atoms with Crippen molar-refractivity contribution in [3.05, 3.63) is 130 Å². The zero-order valence-electron chi connectivity index (χ0n) is 38.3. The van der Waals surface area contributed by atoms with Gasteiger partial charge in [0.1, 0.15) is 12.1 Å². The number of aromatic nitrogens is 7. The van der Waals surface area contributed by atoms with Gasteiger partial charge in [0.2, 0.25) is 11.8 Å². The molecular weight excluding hydrogens is 863 g/mol. The van der Waals surface area contributed by atoms with E-state index >= 15 is 0 Å². The Balaban J connectivity index is 0.853. The van der Waals surface area contributed by atoms with Crippen LogP contribution in [0.15, 0.2) is 102 Å². The molecule has 4 aromatic heterocycles. The smallest absolute Gasteiger partial charge is 0.350 e. The second-order valence-corrected chi connectivity index (χ2v) is 17.5. The molecule has 7 heterocycles. The van der Waals surface area contributed by atoms with E-state index in [1.54, 1.807) is 48.3 Å². The number of benzene rings is 3. The van der Waals surface area contributed by atoms with Crippen LogP contribution >= 0.6 is 0 Å². The van der Waals surface area contributed by atoms with Crippen LogP contribution in [0.1, 0.15) is 45.9 Å². The zero-order chi connectivity index (χ0) is 47.2. The Morgan fingerprint density at radius 1 is 0.824 bits per heavy atom. The molecule has 18 heteroatoms. The van der Waals surface area contributed by atoms with E-state index in [-0.39, 0.29) is 29.4 Å². The van der Waals surface area contributed by atoms with Crippen molar-refractivity contribution in [2.24, 2.45) is 14.1 Å². The van der Waals surface area contributed by atoms with Gasteiger partial charge in [0.05, 0.1) is 40.4 Å². The number of carbonyl (C=O) groups excluding carboxylic acids is 4. The Hall–Kier alpha value is -7.99. The highest BCUT2D eigenvalue weighted by Crippen LogP contribution is 2.37. The summed E-state index contributed by atoms with van der Waals surface area (Å²) < 4.78 is 4.67. The molecule has 346 valence electrons. The van der Waals surface area contributed by atoms with E-state index < -0.39 is 5.92 Å². The van der Waals surface area contributed by atoms with E-state index in [1.807, 2.05) is 73.4 Å². The van der Waals surface area contributed by atoms with Crippen LogP contribution in [0.25, 0.3) is 39.0 Å². The highest BCUT2D eigenvalue weighted by atomic mass is 16.2. The first-order valence-corrected chi connectivity index (χ1v) is 22.8. The van der Waals surface area contributed by atoms with E-state index in [4.69, 9.17) is 10.1 Å². The molecule has 7 aromatic rings. The summed E-state index contributed by atoms with van der Waals surface area (Å²) in [5, 5.41) is 15.1. The minimum Gasteiger partial charge on any atom is -0.368 e. The van der Waals surface area contributed by atoms with Crippen molar-refractivity contribution >= 4 is 51.8 Å². The van der Waals surface area contributed by atoms with E-state index in [2.05, 4.69) is 42.6 Å². The number of amides is 5. The maximum absolute atomic E-state index is 13.9. The quantitative estimate of drug-likeness (QED) is 0.173. The van der Waals surface area contributed by atoms with Crippen molar-refractivity contribution in [2.45, 2.75) is 32.1 Å². The number of para-hydroxylation sites is 1. The van der Waals surface area contributed by atoms with Gasteiger partial charge in [0, 0.05) is 102 Å². The Labute approximate surface area is 391 Å². The normalized spacial score (nSPS) is 16.8. The van der Waals surface area contributed by atoms with Crippen molar-refractivity contribution in [2.75, 3.05) is 67.6 Å². The Morgan fingerprint density at radius 3 is 2.38 bits per heavy atom. The van der Waals surface area contributed by atoms with E-state index in [1.165, 1.54) is 21.1 Å². The van der Waals surface area contributed by atoms with Gasteiger partial charge in [-0.15, -0.1) is 0 Å². The number of imide groups is 1. The van der Waals surface area contributed by atoms with Gasteiger partial charge < -0.3 is 10.2 Å². The van der Waals surface area contributed by atoms with E-state index in [0.29, 0.717) is 54.4 Å². The fourth-order valence-electron chi connectivity index (χ4n) is 9.81. The summed E-state index contributed by atoms with van der Waals surface area (Å²) >= 11 is 0. The minimum absolute atomic E-state index is 0.227. The maximum atomic E-state index is 13.9. The van der Waals surface area contributed by atoms with Crippen molar-refractivity contribution in [1.29, 1.82) is 0 Å². The number of carbonyl (C=O) groups is 4. The average Bonchev–Trinajstić information content (AvgIpc) is 4.03. The first kappa shape index (κ1) is 43.9. The molecule has 3 saturated heterocycles. The summed E-state index contributed by atoms with van der Waals surface area (Å²) in [6, 6.07) is 24.8. The Bertz CT molecular complexity index is 3180. The number of pyridine rings is 2. The molecule has 3 aliphatic rings. The highest BCUT2D eigenvalue weighted by molar-refractivity contribution is 6.07. The summed E-state index contributed by atoms with van der Waals surface area (Å²) in [5.41, 5.74) is 9.34. The highest BCUT2D eigenvalue weighted by Gasteiger charge is 2.34. The van der Waals surface area contributed by atoms with Crippen LogP contribution in [-0.2, 0) is 30.1 Å². The number of piperidine rings is 1. The lowest BCUT2D eigenvalue weighted by Gasteiger charge is -2.36. The zero-order valence-corrected chi connectivity index (χ0v) is 38.3. The van der Waals surface area contributed by atoms with E-state index in [9.17, 15) is 24.0 Å². The number of urea groups is 1. The molecule has 10 rings (SSSR count). The van der Waals surface area contributed by atoms with Crippen molar-refractivity contribution < 1.29 is 19.2 Å². The van der Waals surface area contributed by atoms with Crippen molar-refractivity contribution in [3.8, 4) is 28.1 Å². The largest absolute Gasteiger partial charge is 0.368 e. The molecule has 1 unspecified atom stereocenters. The number of nitrogens with one attached hydrogen (secondary N) is 2. The molecular formula is C50H51N13O5. The van der Waals surface area contributed by atoms with Crippen LogP contribution in [0, 0.1) is 6.92 Å². The second kappa shape index (κ2) is 18.0. The molecule has 0 saturated carbocycles. The van der Waals surface area contributed by atoms with Gasteiger partial charge in [0.15, 0.2) is 0 Å². The number of fused-ring (bicyclic) bond motifs is 1. The molecule has 0 spiro atoms. The minimum atomic E-state index is -0.441. The first-order chi connectivity index (χ1) is 33.0. The monoisotopic (exact) mass is 913 g/mol. The number of rotatable bonds is 11. The number of nitrogens with zero attached hydrogens (tertiary/aromatic N) is 11. The molecule has 2 N–H and O–H groups in total. The molecule has 0 radical (unpaired) electrons. The van der Waals surface area contributed by atoms with Crippen LogP contribution < -0.4 is 31.0 Å². The fourth-order valence-corrected chi connectivity index (χ4v) is 9.81. The molecule has 18 nitrogen and oxygen atoms in total. The summed E-state index contributed by atoms with van der Waals surface area (Å²) in [6.45, 7) is 7.07. The van der Waals surface area contributed by atoms with Gasteiger partial charge >= 0.3 is 11.7 Å². The Kier molecular flexibility index (Phi) is 11.6. The summed E-state index contributed by atoms with van der Waals surface area (Å²) in [6.07, 6.45) is 6.70. The molecule has 0 bridgehead atoms. The number of piperazine rings is 1. The third-order valence-corrected chi connectivity index (χ3v) is 13.5. The standard InChI is InChI=1S/C50H51N13O5/c1-31-37(17-19-52-46(31)62-26-25-61(50(62)68)35-9-5-8-34(27-35)47(65)51-2)33-11-15-42(63-30-54-58(4)49(63)67)40(28-33)41-14-12-36(29-53-41)60-23-21-59(22-24-60)20-18-32-7-6-10-38-44(56-57(3)45(32)38)39-13-16-43(64)55-48(39)66/h5-12,14-15,17,19,27-30,39H,13,16,18,20-26H2,1-4H3,(H,51,65)(H,55,64,66). The molecule has 3 aliphatic heterocycles. The number of anilines is 3. The third kappa shape index (κ3) is 8.05. The summed E-state index contributed by atoms with van der Waals surface area (Å²) in [5.74, 6) is -0.640. The van der Waals surface area contributed by atoms with Gasteiger partial charge in [0.25, 0.3) is 5.91 Å². The molecule has 68 heavy (non-hydrogen) atoms. The second-order valence-electron chi connectivity index (χ2n) is 17.5. The summed E-state index contributed by atoms with van der Waals surface area (Å²) in [4.78, 5) is 81.9. The van der Waals surface area contributed by atoms with Gasteiger partial charge in [-0.1, -0.05) is 30.3 Å². The Morgan fingerprint density at radius 2 is 1.63 bits per heavy atom. The van der Waals surface area contributed by atoms with Gasteiger partial charge in [-0.05, 0) is 90.6 Å². The maximum Gasteiger partial charge on any atom is 0.350 e. The van der Waals surface area contributed by atoms with Crippen LogP contribution in [0.4, 0.5) is 22.0 Å². The average molecular weight is 914 g/mol. The van der Waals surface area contributed by atoms with Crippen LogP contribution in [-0.4, -0.2) is 116 Å². The topological polar surface area (TPSA) is 189 Å². The lowest BCUT2D eigenvalue weighted by molar-refractivity contribution is -0.134. The van der Waals surface area contributed by atoms with Crippen molar-refractivity contribution in [3.63, 3.8) is 0 Å². The first-order valence-electron chi connectivity index (χ1n) is 22.8.